The molecule has 0 saturated heterocycles. The van der Waals surface area contributed by atoms with Gasteiger partial charge in [-0.2, -0.15) is 0 Å². The van der Waals surface area contributed by atoms with Crippen LogP contribution in [0.3, 0.4) is 0 Å². The molecule has 0 aliphatic heterocycles. The van der Waals surface area contributed by atoms with Crippen LogP contribution in [0.2, 0.25) is 0 Å². The maximum absolute atomic E-state index is 13.3. The highest BCUT2D eigenvalue weighted by molar-refractivity contribution is 5.75. The molecule has 1 rings (SSSR count). The molecule has 0 aliphatic carbocycles. The lowest BCUT2D eigenvalue weighted by molar-refractivity contribution is -0.138. The van der Waals surface area contributed by atoms with Crippen molar-refractivity contribution in [3.63, 3.8) is 0 Å². The summed E-state index contributed by atoms with van der Waals surface area (Å²) in [5, 5.41) is 9.27. The number of phenols is 1. The van der Waals surface area contributed by atoms with Gasteiger partial charge in [-0.05, 0) is 31.5 Å². The van der Waals surface area contributed by atoms with Crippen molar-refractivity contribution in [2.24, 2.45) is 5.92 Å². The predicted molar refractivity (Wildman–Crippen MR) is 62.7 cm³/mol. The minimum absolute atomic E-state index is 0.0483. The first-order valence-corrected chi connectivity index (χ1v) is 5.64. The summed E-state index contributed by atoms with van der Waals surface area (Å²) < 4.78 is 18.4. The SMILES string of the molecule is CCC(C)C(=O)Oc1ccc(O)cc1C(C)F. The molecule has 0 amide bonds. The maximum Gasteiger partial charge on any atom is 0.314 e. The Kier molecular flexibility index (Phi) is 4.49. The molecule has 17 heavy (non-hydrogen) atoms. The number of aromatic hydroxyl groups is 1. The lowest BCUT2D eigenvalue weighted by Crippen LogP contribution is -2.17. The first kappa shape index (κ1) is 13.5. The molecule has 0 radical (unpaired) electrons. The first-order valence-electron chi connectivity index (χ1n) is 5.64. The van der Waals surface area contributed by atoms with Gasteiger partial charge in [0.2, 0.25) is 0 Å². The minimum Gasteiger partial charge on any atom is -0.508 e. The number of esters is 1. The number of benzene rings is 1. The van der Waals surface area contributed by atoms with Crippen LogP contribution in [-0.4, -0.2) is 11.1 Å². The topological polar surface area (TPSA) is 46.5 Å². The van der Waals surface area contributed by atoms with E-state index in [2.05, 4.69) is 0 Å². The number of phenolic OH excluding ortho intramolecular Hbond substituents is 1. The molecule has 1 aromatic carbocycles. The third kappa shape index (κ3) is 3.44. The molecular formula is C13H17FO3. The molecule has 3 nitrogen and oxygen atoms in total. The zero-order valence-electron chi connectivity index (χ0n) is 10.2. The van der Waals surface area contributed by atoms with E-state index in [9.17, 15) is 14.3 Å². The van der Waals surface area contributed by atoms with E-state index in [0.29, 0.717) is 6.42 Å². The van der Waals surface area contributed by atoms with Crippen LogP contribution in [0.5, 0.6) is 11.5 Å². The number of hydrogen-bond acceptors (Lipinski definition) is 3. The zero-order valence-corrected chi connectivity index (χ0v) is 10.2. The summed E-state index contributed by atoms with van der Waals surface area (Å²) in [6.07, 6.45) is -0.640. The number of ether oxygens (including phenoxy) is 1. The lowest BCUT2D eigenvalue weighted by Gasteiger charge is -2.13. The van der Waals surface area contributed by atoms with Gasteiger partial charge < -0.3 is 9.84 Å². The fraction of sp³-hybridized carbons (Fsp3) is 0.462. The van der Waals surface area contributed by atoms with Gasteiger partial charge in [-0.25, -0.2) is 4.39 Å². The van der Waals surface area contributed by atoms with Crippen LogP contribution in [0.4, 0.5) is 4.39 Å². The summed E-state index contributed by atoms with van der Waals surface area (Å²) in [6, 6.07) is 4.04. The molecule has 0 fully saturated rings. The van der Waals surface area contributed by atoms with Crippen molar-refractivity contribution < 1.29 is 19.0 Å². The van der Waals surface area contributed by atoms with Gasteiger partial charge >= 0.3 is 5.97 Å². The van der Waals surface area contributed by atoms with Crippen LogP contribution in [-0.2, 0) is 4.79 Å². The van der Waals surface area contributed by atoms with E-state index in [1.807, 2.05) is 6.92 Å². The molecule has 94 valence electrons. The Hall–Kier alpha value is -1.58. The number of alkyl halides is 1. The number of rotatable bonds is 4. The van der Waals surface area contributed by atoms with E-state index in [1.165, 1.54) is 25.1 Å². The molecule has 4 heteroatoms. The second-order valence-corrected chi connectivity index (χ2v) is 4.07. The van der Waals surface area contributed by atoms with Crippen LogP contribution >= 0.6 is 0 Å². The van der Waals surface area contributed by atoms with Gasteiger partial charge in [-0.1, -0.05) is 13.8 Å². The first-order chi connectivity index (χ1) is 7.95. The van der Waals surface area contributed by atoms with Crippen molar-refractivity contribution >= 4 is 5.97 Å². The summed E-state index contributed by atoms with van der Waals surface area (Å²) in [5.74, 6) is -0.498. The summed E-state index contributed by atoms with van der Waals surface area (Å²) in [6.45, 7) is 4.96. The van der Waals surface area contributed by atoms with E-state index in [1.54, 1.807) is 6.92 Å². The van der Waals surface area contributed by atoms with Crippen molar-refractivity contribution in [3.8, 4) is 11.5 Å². The highest BCUT2D eigenvalue weighted by atomic mass is 19.1. The van der Waals surface area contributed by atoms with Gasteiger partial charge in [0.1, 0.15) is 17.7 Å². The van der Waals surface area contributed by atoms with E-state index < -0.39 is 6.17 Å². The molecule has 0 bridgehead atoms. The molecule has 2 unspecified atom stereocenters. The van der Waals surface area contributed by atoms with Crippen LogP contribution in [0.25, 0.3) is 0 Å². The Morgan fingerprint density at radius 3 is 2.65 bits per heavy atom. The van der Waals surface area contributed by atoms with Crippen LogP contribution in [0.15, 0.2) is 18.2 Å². The summed E-state index contributed by atoms with van der Waals surface area (Å²) in [7, 11) is 0. The molecule has 2 atom stereocenters. The zero-order chi connectivity index (χ0) is 13.0. The number of halogens is 1. The molecular weight excluding hydrogens is 223 g/mol. The van der Waals surface area contributed by atoms with Crippen molar-refractivity contribution in [1.82, 2.24) is 0 Å². The quantitative estimate of drug-likeness (QED) is 0.648. The standard InChI is InChI=1S/C13H17FO3/c1-4-8(2)13(16)17-12-6-5-10(15)7-11(12)9(3)14/h5-9,15H,4H2,1-3H3. The van der Waals surface area contributed by atoms with Gasteiger partial charge in [0.05, 0.1) is 5.92 Å². The Morgan fingerprint density at radius 1 is 1.47 bits per heavy atom. The third-order valence-corrected chi connectivity index (χ3v) is 2.65. The van der Waals surface area contributed by atoms with Crippen molar-refractivity contribution in [2.45, 2.75) is 33.4 Å². The maximum atomic E-state index is 13.3. The van der Waals surface area contributed by atoms with Gasteiger partial charge in [-0.15, -0.1) is 0 Å². The Balaban J connectivity index is 2.94. The van der Waals surface area contributed by atoms with Crippen LogP contribution in [0, 0.1) is 5.92 Å². The monoisotopic (exact) mass is 240 g/mol. The van der Waals surface area contributed by atoms with Crippen LogP contribution < -0.4 is 4.74 Å². The van der Waals surface area contributed by atoms with Crippen LogP contribution in [0.1, 0.15) is 38.9 Å². The molecule has 0 spiro atoms. The van der Waals surface area contributed by atoms with E-state index >= 15 is 0 Å². The van der Waals surface area contributed by atoms with E-state index in [4.69, 9.17) is 4.74 Å². The summed E-state index contributed by atoms with van der Waals surface area (Å²) >= 11 is 0. The van der Waals surface area contributed by atoms with Gasteiger partial charge in [0, 0.05) is 5.56 Å². The normalized spacial score (nSPS) is 14.1. The van der Waals surface area contributed by atoms with Crippen molar-refractivity contribution in [1.29, 1.82) is 0 Å². The number of carbonyl (C=O) groups is 1. The van der Waals surface area contributed by atoms with Gasteiger partial charge in [0.15, 0.2) is 0 Å². The smallest absolute Gasteiger partial charge is 0.314 e. The average molecular weight is 240 g/mol. The van der Waals surface area contributed by atoms with Gasteiger partial charge in [-0.3, -0.25) is 4.79 Å². The van der Waals surface area contributed by atoms with E-state index in [0.717, 1.165) is 0 Å². The van der Waals surface area contributed by atoms with Crippen molar-refractivity contribution in [3.05, 3.63) is 23.8 Å². The van der Waals surface area contributed by atoms with Gasteiger partial charge in [0.25, 0.3) is 0 Å². The summed E-state index contributed by atoms with van der Waals surface area (Å²) in [4.78, 5) is 11.6. The minimum atomic E-state index is -1.30. The summed E-state index contributed by atoms with van der Waals surface area (Å²) in [5.41, 5.74) is 0.182. The third-order valence-electron chi connectivity index (χ3n) is 2.65. The molecule has 0 aliphatic rings. The fourth-order valence-electron chi connectivity index (χ4n) is 1.32. The lowest BCUT2D eigenvalue weighted by atomic mass is 10.1. The molecule has 1 N–H and O–H groups in total. The second kappa shape index (κ2) is 5.66. The average Bonchev–Trinajstić information content (AvgIpc) is 2.29. The Bertz CT molecular complexity index is 402. The Labute approximate surface area is 100 Å². The highest BCUT2D eigenvalue weighted by Gasteiger charge is 2.18. The Morgan fingerprint density at radius 2 is 2.12 bits per heavy atom. The molecule has 0 heterocycles. The van der Waals surface area contributed by atoms with Crippen molar-refractivity contribution in [2.75, 3.05) is 0 Å². The molecule has 0 aromatic heterocycles. The fourth-order valence-corrected chi connectivity index (χ4v) is 1.32. The number of hydrogen-bond donors (Lipinski definition) is 1. The number of carbonyl (C=O) groups excluding carboxylic acids is 1. The molecule has 0 saturated carbocycles. The highest BCUT2D eigenvalue weighted by Crippen LogP contribution is 2.31. The predicted octanol–water partition coefficient (Wildman–Crippen LogP) is 3.37. The second-order valence-electron chi connectivity index (χ2n) is 4.07. The largest absolute Gasteiger partial charge is 0.508 e. The molecule has 1 aromatic rings. The van der Waals surface area contributed by atoms with E-state index in [-0.39, 0.29) is 28.9 Å².